The normalized spacial score (nSPS) is 15.0. The molecule has 1 N–H and O–H groups in total. The third kappa shape index (κ3) is 5.32. The molecule has 1 aromatic heterocycles. The number of thioether (sulfide) groups is 1. The number of hydrogen-bond acceptors (Lipinski definition) is 7. The number of hydrogen-bond donors (Lipinski definition) is 1. The van der Waals surface area contributed by atoms with Gasteiger partial charge in [-0.3, -0.25) is 9.59 Å². The van der Waals surface area contributed by atoms with E-state index in [0.29, 0.717) is 24.0 Å². The quantitative estimate of drug-likeness (QED) is 0.658. The number of esters is 1. The van der Waals surface area contributed by atoms with Gasteiger partial charge in [0.05, 0.1) is 11.5 Å². The van der Waals surface area contributed by atoms with Crippen LogP contribution in [0.3, 0.4) is 0 Å². The molecule has 1 fully saturated rings. The Balaban J connectivity index is 1.35. The zero-order chi connectivity index (χ0) is 19.1. The van der Waals surface area contributed by atoms with E-state index in [1.165, 1.54) is 17.3 Å². The molecule has 1 heterocycles. The van der Waals surface area contributed by atoms with Gasteiger partial charge in [-0.2, -0.15) is 4.98 Å². The highest BCUT2D eigenvalue weighted by atomic mass is 32.2. The molecule has 0 radical (unpaired) electrons. The first-order valence-electron chi connectivity index (χ1n) is 8.92. The summed E-state index contributed by atoms with van der Waals surface area (Å²) in [6.45, 7) is 2.02. The molecule has 3 rings (SSSR count). The topological polar surface area (TPSA) is 94.3 Å². The lowest BCUT2D eigenvalue weighted by Crippen LogP contribution is -2.46. The maximum absolute atomic E-state index is 12.0. The van der Waals surface area contributed by atoms with Crippen molar-refractivity contribution in [3.8, 4) is 0 Å². The Morgan fingerprint density at radius 1 is 1.30 bits per heavy atom. The summed E-state index contributed by atoms with van der Waals surface area (Å²) >= 11 is 1.32. The van der Waals surface area contributed by atoms with Gasteiger partial charge in [0.2, 0.25) is 5.89 Å². The number of amides is 1. The van der Waals surface area contributed by atoms with Gasteiger partial charge >= 0.3 is 5.97 Å². The maximum Gasteiger partial charge on any atom is 0.316 e. The number of benzene rings is 1. The van der Waals surface area contributed by atoms with E-state index in [1.54, 1.807) is 6.92 Å². The highest BCUT2D eigenvalue weighted by Gasteiger charge is 2.38. The van der Waals surface area contributed by atoms with Gasteiger partial charge in [-0.15, -0.1) is 11.8 Å². The summed E-state index contributed by atoms with van der Waals surface area (Å²) in [5.41, 5.74) is 1.26. The average Bonchev–Trinajstić information content (AvgIpc) is 3.05. The Morgan fingerprint density at radius 2 is 2.07 bits per heavy atom. The van der Waals surface area contributed by atoms with Crippen molar-refractivity contribution in [3.63, 3.8) is 0 Å². The first-order valence-corrected chi connectivity index (χ1v) is 10.1. The van der Waals surface area contributed by atoms with E-state index < -0.39 is 5.97 Å². The molecule has 1 aliphatic carbocycles. The standard InChI is InChI=1S/C19H23N3O4S/c1-14-21-16(22-26-14)11-27-12-18(24)25-10-17(23)20-13-19(8-5-9-19)15-6-3-2-4-7-15/h2-4,6-7H,5,8-13H2,1H3,(H,20,23). The van der Waals surface area contributed by atoms with Crippen LogP contribution >= 0.6 is 11.8 Å². The van der Waals surface area contributed by atoms with E-state index in [4.69, 9.17) is 9.26 Å². The minimum absolute atomic E-state index is 0.0134. The minimum atomic E-state index is -0.434. The summed E-state index contributed by atoms with van der Waals surface area (Å²) < 4.78 is 9.89. The van der Waals surface area contributed by atoms with Crippen molar-refractivity contribution in [2.24, 2.45) is 0 Å². The van der Waals surface area contributed by atoms with Crippen LogP contribution in [-0.2, 0) is 25.5 Å². The average molecular weight is 389 g/mol. The Hall–Kier alpha value is -2.35. The van der Waals surface area contributed by atoms with Crippen molar-refractivity contribution >= 4 is 23.6 Å². The number of aromatic nitrogens is 2. The number of aryl methyl sites for hydroxylation is 1. The summed E-state index contributed by atoms with van der Waals surface area (Å²) in [6, 6.07) is 10.2. The van der Waals surface area contributed by atoms with Crippen LogP contribution in [0.1, 0.15) is 36.5 Å². The van der Waals surface area contributed by atoms with Crippen molar-refractivity contribution < 1.29 is 18.8 Å². The molecule has 1 saturated carbocycles. The van der Waals surface area contributed by atoms with Crippen LogP contribution in [0, 0.1) is 6.92 Å². The molecule has 2 aromatic rings. The molecule has 0 aliphatic heterocycles. The van der Waals surface area contributed by atoms with Gasteiger partial charge in [-0.25, -0.2) is 0 Å². The van der Waals surface area contributed by atoms with Crippen molar-refractivity contribution in [2.75, 3.05) is 18.9 Å². The summed E-state index contributed by atoms with van der Waals surface area (Å²) in [6.07, 6.45) is 3.28. The first-order chi connectivity index (χ1) is 13.1. The number of carbonyl (C=O) groups excluding carboxylic acids is 2. The monoisotopic (exact) mass is 389 g/mol. The largest absolute Gasteiger partial charge is 0.455 e. The van der Waals surface area contributed by atoms with Gasteiger partial charge in [-0.1, -0.05) is 41.9 Å². The smallest absolute Gasteiger partial charge is 0.316 e. The van der Waals surface area contributed by atoms with E-state index in [9.17, 15) is 9.59 Å². The highest BCUT2D eigenvalue weighted by molar-refractivity contribution is 7.99. The zero-order valence-corrected chi connectivity index (χ0v) is 16.1. The SMILES string of the molecule is Cc1nc(CSCC(=O)OCC(=O)NCC2(c3ccccc3)CCC2)no1. The highest BCUT2D eigenvalue weighted by Crippen LogP contribution is 2.43. The van der Waals surface area contributed by atoms with Crippen LogP contribution in [0.5, 0.6) is 0 Å². The first kappa shape index (κ1) is 19.4. The Morgan fingerprint density at radius 3 is 2.70 bits per heavy atom. The Kier molecular flexibility index (Phi) is 6.49. The third-order valence-electron chi connectivity index (χ3n) is 4.71. The molecule has 144 valence electrons. The van der Waals surface area contributed by atoms with E-state index in [2.05, 4.69) is 27.6 Å². The molecule has 1 aromatic carbocycles. The summed E-state index contributed by atoms with van der Waals surface area (Å²) in [5, 5.41) is 6.66. The van der Waals surface area contributed by atoms with Crippen molar-refractivity contribution in [2.45, 2.75) is 37.4 Å². The molecule has 0 bridgehead atoms. The molecule has 27 heavy (non-hydrogen) atoms. The van der Waals surface area contributed by atoms with E-state index in [-0.39, 0.29) is 23.7 Å². The summed E-state index contributed by atoms with van der Waals surface area (Å²) in [7, 11) is 0. The summed E-state index contributed by atoms with van der Waals surface area (Å²) in [4.78, 5) is 27.8. The van der Waals surface area contributed by atoms with Crippen molar-refractivity contribution in [1.29, 1.82) is 0 Å². The lowest BCUT2D eigenvalue weighted by Gasteiger charge is -2.42. The Labute approximate surface area is 162 Å². The molecule has 1 aliphatic rings. The van der Waals surface area contributed by atoms with Gasteiger partial charge in [0.25, 0.3) is 5.91 Å². The van der Waals surface area contributed by atoms with Crippen LogP contribution in [0.2, 0.25) is 0 Å². The van der Waals surface area contributed by atoms with Crippen LogP contribution in [0.25, 0.3) is 0 Å². The fourth-order valence-corrected chi connectivity index (χ4v) is 3.75. The lowest BCUT2D eigenvalue weighted by molar-refractivity contribution is -0.146. The number of ether oxygens (including phenoxy) is 1. The van der Waals surface area contributed by atoms with Gasteiger partial charge in [0.1, 0.15) is 0 Å². The van der Waals surface area contributed by atoms with E-state index in [1.807, 2.05) is 18.2 Å². The van der Waals surface area contributed by atoms with Crippen LogP contribution in [0.15, 0.2) is 34.9 Å². The lowest BCUT2D eigenvalue weighted by atomic mass is 9.64. The van der Waals surface area contributed by atoms with Gasteiger partial charge in [0, 0.05) is 18.9 Å². The van der Waals surface area contributed by atoms with E-state index >= 15 is 0 Å². The predicted molar refractivity (Wildman–Crippen MR) is 101 cm³/mol. The fraction of sp³-hybridized carbons (Fsp3) is 0.474. The number of rotatable bonds is 9. The second kappa shape index (κ2) is 9.03. The van der Waals surface area contributed by atoms with Gasteiger partial charge in [-0.05, 0) is 18.4 Å². The summed E-state index contributed by atoms with van der Waals surface area (Å²) in [5.74, 6) is 0.910. The van der Waals surface area contributed by atoms with Crippen LogP contribution in [0.4, 0.5) is 0 Å². The second-order valence-electron chi connectivity index (χ2n) is 6.66. The molecule has 0 saturated heterocycles. The molecular weight excluding hydrogens is 366 g/mol. The van der Waals surface area contributed by atoms with Crippen LogP contribution in [-0.4, -0.2) is 40.9 Å². The fourth-order valence-electron chi connectivity index (χ4n) is 3.09. The second-order valence-corrected chi connectivity index (χ2v) is 7.65. The molecule has 1 amide bonds. The molecule has 8 heteroatoms. The molecule has 7 nitrogen and oxygen atoms in total. The van der Waals surface area contributed by atoms with Crippen molar-refractivity contribution in [3.05, 3.63) is 47.6 Å². The molecule has 0 spiro atoms. The number of carbonyl (C=O) groups is 2. The van der Waals surface area contributed by atoms with Gasteiger partial charge in [0.15, 0.2) is 12.4 Å². The maximum atomic E-state index is 12.0. The van der Waals surface area contributed by atoms with E-state index in [0.717, 1.165) is 19.3 Å². The molecule has 0 atom stereocenters. The Bertz CT molecular complexity index is 774. The molecular formula is C19H23N3O4S. The predicted octanol–water partition coefficient (Wildman–Crippen LogP) is 2.39. The molecule has 0 unspecified atom stereocenters. The number of nitrogens with one attached hydrogen (secondary N) is 1. The van der Waals surface area contributed by atoms with Crippen molar-refractivity contribution in [1.82, 2.24) is 15.5 Å². The number of nitrogens with zero attached hydrogens (tertiary/aromatic N) is 2. The third-order valence-corrected chi connectivity index (χ3v) is 5.61. The minimum Gasteiger partial charge on any atom is -0.455 e. The van der Waals surface area contributed by atoms with Gasteiger partial charge < -0.3 is 14.6 Å². The van der Waals surface area contributed by atoms with Crippen LogP contribution < -0.4 is 5.32 Å². The zero-order valence-electron chi connectivity index (χ0n) is 15.3.